The van der Waals surface area contributed by atoms with Gasteiger partial charge in [-0.15, -0.1) is 0 Å². The summed E-state index contributed by atoms with van der Waals surface area (Å²) >= 11 is 0. The number of hydrogen-bond acceptors (Lipinski definition) is 2. The minimum atomic E-state index is -0.695. The largest absolute Gasteiger partial charge is 0.494 e. The first kappa shape index (κ1) is 14.0. The molecule has 4 heteroatoms. The second-order valence-corrected chi connectivity index (χ2v) is 6.08. The summed E-state index contributed by atoms with van der Waals surface area (Å²) in [5, 5.41) is 10.2. The van der Waals surface area contributed by atoms with Gasteiger partial charge in [0.05, 0.1) is 13.0 Å². The van der Waals surface area contributed by atoms with Crippen LogP contribution in [0.4, 0.5) is 0 Å². The molecule has 0 saturated heterocycles. The number of hydrogen-bond donors (Lipinski definition) is 1. The molecule has 21 heavy (non-hydrogen) atoms. The highest BCUT2D eigenvalue weighted by Gasteiger charge is 2.44. The maximum atomic E-state index is 11.0. The van der Waals surface area contributed by atoms with E-state index >= 15 is 0 Å². The maximum absolute atomic E-state index is 11.0. The molecule has 4 nitrogen and oxygen atoms in total. The fourth-order valence-electron chi connectivity index (χ4n) is 2.88. The van der Waals surface area contributed by atoms with E-state index in [2.05, 4.69) is 35.9 Å². The number of nitrogens with zero attached hydrogens (tertiary/aromatic N) is 1. The van der Waals surface area contributed by atoms with Crippen LogP contribution in [0.15, 0.2) is 30.5 Å². The van der Waals surface area contributed by atoms with Gasteiger partial charge in [-0.3, -0.25) is 4.79 Å². The predicted molar refractivity (Wildman–Crippen MR) is 81.6 cm³/mol. The molecule has 1 heterocycles. The number of carbonyl (C=O) groups is 1. The van der Waals surface area contributed by atoms with Gasteiger partial charge in [-0.05, 0) is 48.9 Å². The molecule has 0 spiro atoms. The Bertz CT molecular complexity index is 655. The molecule has 0 aliphatic heterocycles. The number of benzene rings is 1. The quantitative estimate of drug-likeness (QED) is 0.845. The Hall–Kier alpha value is -1.97. The SMILES string of the molecule is CCCOc1ccc2c(ccn2CC2(CC(=O)O)CC2)c1. The van der Waals surface area contributed by atoms with E-state index in [9.17, 15) is 4.79 Å². The zero-order chi connectivity index (χ0) is 14.9. The monoisotopic (exact) mass is 287 g/mol. The predicted octanol–water partition coefficient (Wildman–Crippen LogP) is 3.69. The van der Waals surface area contributed by atoms with Crippen LogP contribution in [0, 0.1) is 5.41 Å². The molecule has 1 aromatic heterocycles. The fourth-order valence-corrected chi connectivity index (χ4v) is 2.88. The first-order valence-electron chi connectivity index (χ1n) is 7.55. The third-order valence-corrected chi connectivity index (χ3v) is 4.20. The fraction of sp³-hybridized carbons (Fsp3) is 0.471. The van der Waals surface area contributed by atoms with Crippen molar-refractivity contribution in [2.75, 3.05) is 6.61 Å². The molecule has 0 radical (unpaired) electrons. The minimum Gasteiger partial charge on any atom is -0.494 e. The van der Waals surface area contributed by atoms with E-state index in [0.29, 0.717) is 0 Å². The van der Waals surface area contributed by atoms with Crippen molar-refractivity contribution in [3.8, 4) is 5.75 Å². The van der Waals surface area contributed by atoms with E-state index in [4.69, 9.17) is 9.84 Å². The van der Waals surface area contributed by atoms with Crippen molar-refractivity contribution in [1.82, 2.24) is 4.57 Å². The van der Waals surface area contributed by atoms with Crippen LogP contribution in [-0.2, 0) is 11.3 Å². The molecule has 1 fully saturated rings. The molecule has 0 bridgehead atoms. The normalized spacial score (nSPS) is 16.0. The summed E-state index contributed by atoms with van der Waals surface area (Å²) in [7, 11) is 0. The number of carboxylic acid groups (broad SMARTS) is 1. The van der Waals surface area contributed by atoms with Crippen molar-refractivity contribution < 1.29 is 14.6 Å². The van der Waals surface area contributed by atoms with Gasteiger partial charge in [-0.2, -0.15) is 0 Å². The molecule has 3 rings (SSSR count). The summed E-state index contributed by atoms with van der Waals surface area (Å²) in [4.78, 5) is 11.0. The van der Waals surface area contributed by atoms with E-state index in [1.54, 1.807) is 0 Å². The molecule has 1 aliphatic carbocycles. The molecule has 1 saturated carbocycles. The van der Waals surface area contributed by atoms with Crippen LogP contribution in [0.5, 0.6) is 5.75 Å². The Morgan fingerprint density at radius 3 is 2.86 bits per heavy atom. The first-order chi connectivity index (χ1) is 10.1. The molecular weight excluding hydrogens is 266 g/mol. The van der Waals surface area contributed by atoms with Gasteiger partial charge in [0.25, 0.3) is 0 Å². The van der Waals surface area contributed by atoms with Gasteiger partial charge in [0.2, 0.25) is 0 Å². The maximum Gasteiger partial charge on any atom is 0.303 e. The van der Waals surface area contributed by atoms with Crippen molar-refractivity contribution in [2.45, 2.75) is 39.2 Å². The Labute approximate surface area is 124 Å². The molecule has 0 atom stereocenters. The van der Waals surface area contributed by atoms with Crippen molar-refractivity contribution >= 4 is 16.9 Å². The number of aromatic nitrogens is 1. The molecular formula is C17H21NO3. The van der Waals surface area contributed by atoms with Crippen molar-refractivity contribution in [3.05, 3.63) is 30.5 Å². The highest BCUT2D eigenvalue weighted by Crippen LogP contribution is 2.50. The van der Waals surface area contributed by atoms with Crippen molar-refractivity contribution in [2.24, 2.45) is 5.41 Å². The van der Waals surface area contributed by atoms with Crippen LogP contribution in [0.2, 0.25) is 0 Å². The standard InChI is InChI=1S/C17H21NO3/c1-2-9-21-14-3-4-15-13(10-14)5-8-18(15)12-17(6-7-17)11-16(19)20/h3-5,8,10H,2,6-7,9,11-12H2,1H3,(H,19,20). The molecule has 112 valence electrons. The molecule has 1 aliphatic rings. The summed E-state index contributed by atoms with van der Waals surface area (Å²) in [5.74, 6) is 0.202. The average molecular weight is 287 g/mol. The highest BCUT2D eigenvalue weighted by molar-refractivity contribution is 5.81. The lowest BCUT2D eigenvalue weighted by molar-refractivity contribution is -0.138. The number of fused-ring (bicyclic) bond motifs is 1. The average Bonchev–Trinajstić information content (AvgIpc) is 3.08. The highest BCUT2D eigenvalue weighted by atomic mass is 16.5. The van der Waals surface area contributed by atoms with Crippen LogP contribution >= 0.6 is 0 Å². The van der Waals surface area contributed by atoms with Gasteiger partial charge in [0.15, 0.2) is 0 Å². The zero-order valence-corrected chi connectivity index (χ0v) is 12.3. The smallest absolute Gasteiger partial charge is 0.303 e. The van der Waals surface area contributed by atoms with Crippen LogP contribution in [0.3, 0.4) is 0 Å². The van der Waals surface area contributed by atoms with Crippen molar-refractivity contribution in [1.29, 1.82) is 0 Å². The number of carboxylic acids is 1. The van der Waals surface area contributed by atoms with Gasteiger partial charge in [-0.25, -0.2) is 0 Å². The third-order valence-electron chi connectivity index (χ3n) is 4.20. The molecule has 2 aromatic rings. The van der Waals surface area contributed by atoms with Gasteiger partial charge < -0.3 is 14.4 Å². The van der Waals surface area contributed by atoms with Gasteiger partial charge in [-0.1, -0.05) is 6.92 Å². The van der Waals surface area contributed by atoms with Crippen LogP contribution in [-0.4, -0.2) is 22.2 Å². The summed E-state index contributed by atoms with van der Waals surface area (Å²) in [6.45, 7) is 3.61. The molecule has 0 unspecified atom stereocenters. The van der Waals surface area contributed by atoms with E-state index < -0.39 is 5.97 Å². The Kier molecular flexibility index (Phi) is 3.62. The Balaban J connectivity index is 1.79. The lowest BCUT2D eigenvalue weighted by atomic mass is 10.0. The second kappa shape index (κ2) is 5.43. The van der Waals surface area contributed by atoms with E-state index in [0.717, 1.165) is 49.1 Å². The van der Waals surface area contributed by atoms with Crippen LogP contribution in [0.1, 0.15) is 32.6 Å². The van der Waals surface area contributed by atoms with Gasteiger partial charge in [0, 0.05) is 23.6 Å². The first-order valence-corrected chi connectivity index (χ1v) is 7.55. The van der Waals surface area contributed by atoms with Crippen LogP contribution < -0.4 is 4.74 Å². The van der Waals surface area contributed by atoms with Crippen molar-refractivity contribution in [3.63, 3.8) is 0 Å². The Morgan fingerprint density at radius 2 is 2.19 bits per heavy atom. The van der Waals surface area contributed by atoms with E-state index in [1.165, 1.54) is 0 Å². The topological polar surface area (TPSA) is 51.5 Å². The lowest BCUT2D eigenvalue weighted by Crippen LogP contribution is -2.15. The third kappa shape index (κ3) is 3.04. The molecule has 0 amide bonds. The second-order valence-electron chi connectivity index (χ2n) is 6.08. The summed E-state index contributed by atoms with van der Waals surface area (Å²) in [5.41, 5.74) is 1.12. The summed E-state index contributed by atoms with van der Waals surface area (Å²) < 4.78 is 7.83. The summed E-state index contributed by atoms with van der Waals surface area (Å²) in [6.07, 6.45) is 5.34. The van der Waals surface area contributed by atoms with Gasteiger partial charge >= 0.3 is 5.97 Å². The number of rotatable bonds is 7. The minimum absolute atomic E-state index is 0.0326. The van der Waals surface area contributed by atoms with E-state index in [1.807, 2.05) is 6.07 Å². The zero-order valence-electron chi connectivity index (χ0n) is 12.3. The summed E-state index contributed by atoms with van der Waals surface area (Å²) in [6, 6.07) is 8.19. The molecule has 1 N–H and O–H groups in total. The number of ether oxygens (including phenoxy) is 1. The lowest BCUT2D eigenvalue weighted by Gasteiger charge is -2.15. The van der Waals surface area contributed by atoms with Crippen LogP contribution in [0.25, 0.3) is 10.9 Å². The number of aliphatic carboxylic acids is 1. The molecule has 1 aromatic carbocycles. The Morgan fingerprint density at radius 1 is 1.38 bits per heavy atom. The van der Waals surface area contributed by atoms with Gasteiger partial charge in [0.1, 0.15) is 5.75 Å². The van der Waals surface area contributed by atoms with E-state index in [-0.39, 0.29) is 11.8 Å².